The van der Waals surface area contributed by atoms with Crippen molar-refractivity contribution >= 4 is 46.0 Å². The maximum absolute atomic E-state index is 12.8. The third-order valence-corrected chi connectivity index (χ3v) is 5.81. The van der Waals surface area contributed by atoms with Gasteiger partial charge in [-0.1, -0.05) is 35.4 Å². The van der Waals surface area contributed by atoms with Gasteiger partial charge >= 0.3 is 7.05 Å². The predicted molar refractivity (Wildman–Crippen MR) is 93.5 cm³/mol. The van der Waals surface area contributed by atoms with Gasteiger partial charge in [0.2, 0.25) is 0 Å². The second kappa shape index (κ2) is 6.14. The number of halogens is 1. The summed E-state index contributed by atoms with van der Waals surface area (Å²) in [5, 5.41) is 24.7. The Bertz CT molecular complexity index is 1010. The zero-order chi connectivity index (χ0) is 18.4. The molecule has 128 valence electrons. The number of nitro benzene ring substituents is 1. The first-order valence-corrected chi connectivity index (χ1v) is 8.84. The molecule has 0 unspecified atom stereocenters. The Morgan fingerprint density at radius 1 is 1.28 bits per heavy atom. The van der Waals surface area contributed by atoms with Gasteiger partial charge < -0.3 is 5.02 Å². The maximum Gasteiger partial charge on any atom is 0.484 e. The molecule has 2 aromatic carbocycles. The molecule has 0 aliphatic carbocycles. The summed E-state index contributed by atoms with van der Waals surface area (Å²) < 4.78 is 26.1. The molecule has 11 heteroatoms. The molecule has 0 atom stereocenters. The van der Waals surface area contributed by atoms with Gasteiger partial charge in [0.25, 0.3) is 15.7 Å². The van der Waals surface area contributed by atoms with E-state index in [1.807, 2.05) is 13.0 Å². The summed E-state index contributed by atoms with van der Waals surface area (Å²) in [5.74, 6) is 0. The normalized spacial score (nSPS) is 13.7. The fourth-order valence-corrected chi connectivity index (χ4v) is 4.21. The molecular formula is C14H11BClN3O5S. The highest BCUT2D eigenvalue weighted by Gasteiger charge is 2.39. The van der Waals surface area contributed by atoms with Crippen LogP contribution in [0.1, 0.15) is 11.1 Å². The van der Waals surface area contributed by atoms with E-state index in [1.165, 1.54) is 6.21 Å². The summed E-state index contributed by atoms with van der Waals surface area (Å²) in [7, 11) is -5.84. The molecule has 1 aliphatic heterocycles. The fourth-order valence-electron chi connectivity index (χ4n) is 2.44. The lowest BCUT2D eigenvalue weighted by atomic mass is 9.71. The van der Waals surface area contributed by atoms with Crippen molar-refractivity contribution in [3.63, 3.8) is 0 Å². The molecule has 0 fully saturated rings. The molecule has 25 heavy (non-hydrogen) atoms. The van der Waals surface area contributed by atoms with Crippen LogP contribution in [0.2, 0.25) is 5.02 Å². The van der Waals surface area contributed by atoms with Gasteiger partial charge in [0, 0.05) is 12.1 Å². The predicted octanol–water partition coefficient (Wildman–Crippen LogP) is 1.28. The number of non-ortho nitro benzene ring substituents is 1. The van der Waals surface area contributed by atoms with Gasteiger partial charge in [-0.05, 0) is 24.0 Å². The summed E-state index contributed by atoms with van der Waals surface area (Å²) in [4.78, 5) is 9.69. The highest BCUT2D eigenvalue weighted by atomic mass is 35.5. The molecule has 1 aliphatic rings. The van der Waals surface area contributed by atoms with Gasteiger partial charge in [-0.3, -0.25) is 10.1 Å². The van der Waals surface area contributed by atoms with E-state index in [1.54, 1.807) is 12.1 Å². The fraction of sp³-hybridized carbons (Fsp3) is 0.0714. The third kappa shape index (κ3) is 2.99. The number of hydrogen-bond donors (Lipinski definition) is 1. The van der Waals surface area contributed by atoms with E-state index in [2.05, 4.69) is 5.10 Å². The Balaban J connectivity index is 2.06. The van der Waals surface area contributed by atoms with Crippen molar-refractivity contribution in [2.75, 3.05) is 0 Å². The lowest BCUT2D eigenvalue weighted by molar-refractivity contribution is -0.384. The number of aryl methyl sites for hydroxylation is 1. The van der Waals surface area contributed by atoms with Gasteiger partial charge in [-0.15, -0.1) is 0 Å². The van der Waals surface area contributed by atoms with Crippen molar-refractivity contribution in [1.29, 1.82) is 0 Å². The average molecular weight is 380 g/mol. The van der Waals surface area contributed by atoms with Crippen molar-refractivity contribution in [1.82, 2.24) is 4.33 Å². The van der Waals surface area contributed by atoms with Gasteiger partial charge in [0.05, 0.1) is 16.2 Å². The van der Waals surface area contributed by atoms with Crippen LogP contribution in [0, 0.1) is 17.0 Å². The minimum absolute atomic E-state index is 0.327. The number of hydrogen-bond acceptors (Lipinski definition) is 6. The zero-order valence-corrected chi connectivity index (χ0v) is 14.4. The molecule has 0 saturated carbocycles. The number of sulfonamides is 1. The van der Waals surface area contributed by atoms with Crippen LogP contribution in [0.3, 0.4) is 0 Å². The molecule has 2 aromatic rings. The maximum atomic E-state index is 12.8. The van der Waals surface area contributed by atoms with Crippen molar-refractivity contribution in [3.8, 4) is 0 Å². The van der Waals surface area contributed by atoms with Crippen molar-refractivity contribution < 1.29 is 18.4 Å². The third-order valence-electron chi connectivity index (χ3n) is 3.69. The summed E-state index contributed by atoms with van der Waals surface area (Å²) >= 11 is 5.91. The van der Waals surface area contributed by atoms with Crippen LogP contribution < -0.4 is 5.46 Å². The monoisotopic (exact) mass is 379 g/mol. The highest BCUT2D eigenvalue weighted by Crippen LogP contribution is 2.29. The van der Waals surface area contributed by atoms with E-state index in [0.29, 0.717) is 15.4 Å². The minimum Gasteiger partial charge on any atom is -0.427 e. The number of nitrogens with zero attached hydrogens (tertiary/aromatic N) is 3. The second-order valence-electron chi connectivity index (χ2n) is 5.40. The summed E-state index contributed by atoms with van der Waals surface area (Å²) in [5.41, 5.74) is 1.49. The molecule has 3 rings (SSSR count). The first-order chi connectivity index (χ1) is 11.7. The Kier molecular flexibility index (Phi) is 4.27. The van der Waals surface area contributed by atoms with Crippen molar-refractivity contribution in [2.45, 2.75) is 11.8 Å². The van der Waals surface area contributed by atoms with Crippen LogP contribution in [0.15, 0.2) is 46.4 Å². The first kappa shape index (κ1) is 17.4. The van der Waals surface area contributed by atoms with Crippen LogP contribution in [0.4, 0.5) is 5.69 Å². The first-order valence-electron chi connectivity index (χ1n) is 7.03. The van der Waals surface area contributed by atoms with E-state index in [4.69, 9.17) is 11.6 Å². The van der Waals surface area contributed by atoms with Crippen molar-refractivity contribution in [3.05, 3.63) is 62.7 Å². The van der Waals surface area contributed by atoms with Crippen LogP contribution >= 0.6 is 11.6 Å². The number of hydrazone groups is 1. The number of fused-ring (bicyclic) bond motifs is 1. The minimum atomic E-state index is -4.31. The molecule has 0 bridgehead atoms. The van der Waals surface area contributed by atoms with Crippen molar-refractivity contribution in [2.24, 2.45) is 5.10 Å². The summed E-state index contributed by atoms with van der Waals surface area (Å²) in [6.45, 7) is 1.81. The molecule has 0 saturated heterocycles. The highest BCUT2D eigenvalue weighted by molar-refractivity contribution is 7.90. The molecule has 0 aromatic heterocycles. The average Bonchev–Trinajstić information content (AvgIpc) is 2.55. The standard InChI is InChI=1S/C14H11BClN3O5S/c1-9-2-3-10-8-17-19(15(20)12(10)6-9)25(23,24)14-5-4-11(18(21)22)7-13(14)16/h2-8,20H,1H3. The Labute approximate surface area is 148 Å². The molecule has 0 radical (unpaired) electrons. The number of rotatable bonds is 3. The van der Waals surface area contributed by atoms with E-state index in [-0.39, 0.29) is 15.6 Å². The molecule has 0 amide bonds. The largest absolute Gasteiger partial charge is 0.484 e. The van der Waals surface area contributed by atoms with Crippen LogP contribution in [0.5, 0.6) is 0 Å². The molecule has 8 nitrogen and oxygen atoms in total. The Hall–Kier alpha value is -2.43. The lowest BCUT2D eigenvalue weighted by Gasteiger charge is -2.26. The SMILES string of the molecule is Cc1ccc2c(c1)B(O)N(S(=O)(=O)c1ccc([N+](=O)[O-])cc1Cl)N=C2. The van der Waals surface area contributed by atoms with Gasteiger partial charge in [-0.2, -0.15) is 9.43 Å². The zero-order valence-electron chi connectivity index (χ0n) is 12.8. The molecule has 1 N–H and O–H groups in total. The number of benzene rings is 2. The van der Waals surface area contributed by atoms with E-state index < -0.39 is 22.0 Å². The van der Waals surface area contributed by atoms with Gasteiger partial charge in [0.15, 0.2) is 0 Å². The van der Waals surface area contributed by atoms with Gasteiger partial charge in [0.1, 0.15) is 4.90 Å². The van der Waals surface area contributed by atoms with Crippen LogP contribution in [0.25, 0.3) is 0 Å². The Morgan fingerprint density at radius 2 is 2.00 bits per heavy atom. The van der Waals surface area contributed by atoms with Gasteiger partial charge in [-0.25, -0.2) is 8.42 Å². The smallest absolute Gasteiger partial charge is 0.427 e. The quantitative estimate of drug-likeness (QED) is 0.490. The second-order valence-corrected chi connectivity index (χ2v) is 7.57. The van der Waals surface area contributed by atoms with E-state index in [9.17, 15) is 23.6 Å². The Morgan fingerprint density at radius 3 is 2.64 bits per heavy atom. The summed E-state index contributed by atoms with van der Waals surface area (Å²) in [6, 6.07) is 8.17. The molecular weight excluding hydrogens is 369 g/mol. The topological polar surface area (TPSA) is 113 Å². The van der Waals surface area contributed by atoms with E-state index >= 15 is 0 Å². The van der Waals surface area contributed by atoms with Crippen LogP contribution in [-0.2, 0) is 10.0 Å². The molecule has 0 spiro atoms. The van der Waals surface area contributed by atoms with E-state index in [0.717, 1.165) is 23.8 Å². The van der Waals surface area contributed by atoms with Crippen LogP contribution in [-0.4, -0.2) is 36.0 Å². The lowest BCUT2D eigenvalue weighted by Crippen LogP contribution is -2.52. The molecule has 1 heterocycles. The summed E-state index contributed by atoms with van der Waals surface area (Å²) in [6.07, 6.45) is 1.32. The number of nitro groups is 1.